The summed E-state index contributed by atoms with van der Waals surface area (Å²) in [5.41, 5.74) is 0.913. The van der Waals surface area contributed by atoms with Gasteiger partial charge in [-0.05, 0) is 48.0 Å². The van der Waals surface area contributed by atoms with E-state index in [0.717, 1.165) is 5.56 Å². The summed E-state index contributed by atoms with van der Waals surface area (Å²) >= 11 is 12.0. The van der Waals surface area contributed by atoms with Crippen LogP contribution in [0.3, 0.4) is 0 Å². The average Bonchev–Trinajstić information content (AvgIpc) is 3.16. The van der Waals surface area contributed by atoms with Gasteiger partial charge in [0, 0.05) is 10.0 Å². The lowest BCUT2D eigenvalue weighted by molar-refractivity contribution is 0.296. The molecule has 0 spiro atoms. The first kappa shape index (κ1) is 16.8. The van der Waals surface area contributed by atoms with Crippen molar-refractivity contribution in [3.63, 3.8) is 0 Å². The van der Waals surface area contributed by atoms with Crippen molar-refractivity contribution < 1.29 is 13.6 Å². The van der Waals surface area contributed by atoms with Crippen LogP contribution in [-0.4, -0.2) is 0 Å². The normalized spacial score (nSPS) is 11.0. The van der Waals surface area contributed by atoms with Gasteiger partial charge in [0.2, 0.25) is 16.9 Å². The molecule has 0 aliphatic carbocycles. The average molecular weight is 387 g/mol. The largest absolute Gasteiger partial charge is 0.481 e. The summed E-state index contributed by atoms with van der Waals surface area (Å²) in [4.78, 5) is 13.0. The van der Waals surface area contributed by atoms with Gasteiger partial charge in [-0.3, -0.25) is 4.79 Å². The fourth-order valence-electron chi connectivity index (χ4n) is 2.63. The fraction of sp³-hybridized carbons (Fsp3) is 0.0500. The number of rotatable bonds is 4. The molecule has 0 N–H and O–H groups in total. The molecule has 2 aromatic heterocycles. The van der Waals surface area contributed by atoms with E-state index in [2.05, 4.69) is 0 Å². The minimum Gasteiger partial charge on any atom is -0.481 e. The third-order valence-electron chi connectivity index (χ3n) is 3.83. The van der Waals surface area contributed by atoms with Gasteiger partial charge in [0.1, 0.15) is 12.2 Å². The van der Waals surface area contributed by atoms with Gasteiger partial charge in [0.15, 0.2) is 5.76 Å². The molecule has 0 amide bonds. The molecular weight excluding hydrogens is 375 g/mol. The first-order chi connectivity index (χ1) is 12.6. The Labute approximate surface area is 158 Å². The van der Waals surface area contributed by atoms with Crippen LogP contribution in [0.4, 0.5) is 0 Å². The number of furan rings is 1. The molecule has 0 radical (unpaired) electrons. The predicted molar refractivity (Wildman–Crippen MR) is 101 cm³/mol. The highest BCUT2D eigenvalue weighted by atomic mass is 35.5. The van der Waals surface area contributed by atoms with E-state index in [9.17, 15) is 4.79 Å². The maximum atomic E-state index is 13.0. The van der Waals surface area contributed by atoms with Crippen LogP contribution in [0.15, 0.2) is 74.5 Å². The van der Waals surface area contributed by atoms with Crippen molar-refractivity contribution in [1.29, 1.82) is 0 Å². The predicted octanol–water partition coefficient (Wildman–Crippen LogP) is 5.94. The van der Waals surface area contributed by atoms with Gasteiger partial charge in [-0.25, -0.2) is 0 Å². The van der Waals surface area contributed by atoms with E-state index in [1.54, 1.807) is 42.5 Å². The molecule has 0 saturated heterocycles. The van der Waals surface area contributed by atoms with Crippen LogP contribution in [0, 0.1) is 0 Å². The summed E-state index contributed by atoms with van der Waals surface area (Å²) < 4.78 is 17.1. The second-order valence-corrected chi connectivity index (χ2v) is 6.50. The van der Waals surface area contributed by atoms with Crippen LogP contribution in [0.5, 0.6) is 5.75 Å². The quantitative estimate of drug-likeness (QED) is 0.435. The standard InChI is InChI=1S/C20H12Cl2O4/c21-13-4-1-3-12(9-13)11-25-20-18(23)15-10-14(22)6-7-16(15)26-19(20)17-5-2-8-24-17/h1-10H,11H2. The highest BCUT2D eigenvalue weighted by molar-refractivity contribution is 6.31. The number of fused-ring (bicyclic) bond motifs is 1. The molecule has 0 fully saturated rings. The molecule has 4 rings (SSSR count). The minimum absolute atomic E-state index is 0.0645. The highest BCUT2D eigenvalue weighted by Crippen LogP contribution is 2.32. The van der Waals surface area contributed by atoms with Crippen LogP contribution in [-0.2, 0) is 6.61 Å². The summed E-state index contributed by atoms with van der Waals surface area (Å²) in [5.74, 6) is 0.701. The highest BCUT2D eigenvalue weighted by Gasteiger charge is 2.20. The van der Waals surface area contributed by atoms with Crippen LogP contribution in [0.2, 0.25) is 10.0 Å². The maximum Gasteiger partial charge on any atom is 0.235 e. The van der Waals surface area contributed by atoms with Gasteiger partial charge < -0.3 is 13.6 Å². The SMILES string of the molecule is O=c1c(OCc2cccc(Cl)c2)c(-c2ccco2)oc2ccc(Cl)cc12. The molecule has 4 aromatic rings. The van der Waals surface area contributed by atoms with Gasteiger partial charge in [0.25, 0.3) is 0 Å². The third kappa shape index (κ3) is 3.21. The molecule has 0 saturated carbocycles. The summed E-state index contributed by atoms with van der Waals surface area (Å²) in [5, 5.41) is 1.37. The Morgan fingerprint density at radius 2 is 1.81 bits per heavy atom. The van der Waals surface area contributed by atoms with Crippen molar-refractivity contribution in [1.82, 2.24) is 0 Å². The van der Waals surface area contributed by atoms with E-state index in [4.69, 9.17) is 36.8 Å². The molecule has 0 bridgehead atoms. The smallest absolute Gasteiger partial charge is 0.235 e. The van der Waals surface area contributed by atoms with E-state index in [-0.39, 0.29) is 23.5 Å². The fourth-order valence-corrected chi connectivity index (χ4v) is 3.02. The molecule has 4 nitrogen and oxygen atoms in total. The lowest BCUT2D eigenvalue weighted by Crippen LogP contribution is -2.10. The second-order valence-electron chi connectivity index (χ2n) is 5.63. The Balaban J connectivity index is 1.84. The minimum atomic E-state index is -0.317. The van der Waals surface area contributed by atoms with Gasteiger partial charge in [0.05, 0.1) is 11.6 Å². The third-order valence-corrected chi connectivity index (χ3v) is 4.30. The van der Waals surface area contributed by atoms with Gasteiger partial charge in [-0.15, -0.1) is 0 Å². The molecule has 0 aliphatic heterocycles. The zero-order valence-electron chi connectivity index (χ0n) is 13.4. The molecule has 26 heavy (non-hydrogen) atoms. The first-order valence-electron chi connectivity index (χ1n) is 7.79. The summed E-state index contributed by atoms with van der Waals surface area (Å²) in [7, 11) is 0. The topological polar surface area (TPSA) is 52.6 Å². The molecule has 0 atom stereocenters. The lowest BCUT2D eigenvalue weighted by Gasteiger charge is -2.10. The van der Waals surface area contributed by atoms with Crippen molar-refractivity contribution in [3.05, 3.63) is 86.7 Å². The van der Waals surface area contributed by atoms with Crippen molar-refractivity contribution in [2.24, 2.45) is 0 Å². The van der Waals surface area contributed by atoms with Crippen molar-refractivity contribution >= 4 is 34.2 Å². The molecule has 0 unspecified atom stereocenters. The van der Waals surface area contributed by atoms with E-state index >= 15 is 0 Å². The summed E-state index contributed by atoms with van der Waals surface area (Å²) in [6.07, 6.45) is 1.50. The Morgan fingerprint density at radius 1 is 0.962 bits per heavy atom. The van der Waals surface area contributed by atoms with E-state index < -0.39 is 0 Å². The molecule has 2 heterocycles. The second kappa shape index (κ2) is 6.90. The Hall–Kier alpha value is -2.69. The number of hydrogen-bond donors (Lipinski definition) is 0. The Kier molecular flexibility index (Phi) is 4.45. The Morgan fingerprint density at radius 3 is 2.58 bits per heavy atom. The molecular formula is C20H12Cl2O4. The van der Waals surface area contributed by atoms with E-state index in [1.165, 1.54) is 6.26 Å². The molecule has 130 valence electrons. The van der Waals surface area contributed by atoms with Crippen molar-refractivity contribution in [2.45, 2.75) is 6.61 Å². The zero-order chi connectivity index (χ0) is 18.1. The molecule has 6 heteroatoms. The summed E-state index contributed by atoms with van der Waals surface area (Å²) in [6.45, 7) is 0.158. The summed E-state index contributed by atoms with van der Waals surface area (Å²) in [6, 6.07) is 15.5. The van der Waals surface area contributed by atoms with E-state index in [1.807, 2.05) is 12.1 Å². The number of hydrogen-bond acceptors (Lipinski definition) is 4. The number of ether oxygens (including phenoxy) is 1. The van der Waals surface area contributed by atoms with Gasteiger partial charge >= 0.3 is 0 Å². The first-order valence-corrected chi connectivity index (χ1v) is 8.55. The van der Waals surface area contributed by atoms with Crippen LogP contribution >= 0.6 is 23.2 Å². The number of halogens is 2. The Bertz CT molecular complexity index is 1130. The maximum absolute atomic E-state index is 13.0. The van der Waals surface area contributed by atoms with Crippen LogP contribution < -0.4 is 10.2 Å². The van der Waals surface area contributed by atoms with Gasteiger partial charge in [-0.1, -0.05) is 35.3 Å². The van der Waals surface area contributed by atoms with Crippen LogP contribution in [0.1, 0.15) is 5.56 Å². The number of benzene rings is 2. The zero-order valence-corrected chi connectivity index (χ0v) is 14.9. The van der Waals surface area contributed by atoms with Crippen molar-refractivity contribution in [2.75, 3.05) is 0 Å². The molecule has 2 aromatic carbocycles. The lowest BCUT2D eigenvalue weighted by atomic mass is 10.2. The van der Waals surface area contributed by atoms with Crippen LogP contribution in [0.25, 0.3) is 22.5 Å². The van der Waals surface area contributed by atoms with E-state index in [0.29, 0.717) is 26.8 Å². The monoisotopic (exact) mass is 386 g/mol. The van der Waals surface area contributed by atoms with Crippen molar-refractivity contribution in [3.8, 4) is 17.3 Å². The van der Waals surface area contributed by atoms with Gasteiger partial charge in [-0.2, -0.15) is 0 Å². The molecule has 0 aliphatic rings.